The van der Waals surface area contributed by atoms with E-state index in [1.165, 1.54) is 25.6 Å². The van der Waals surface area contributed by atoms with Crippen molar-refractivity contribution in [2.24, 2.45) is 0 Å². The molecule has 0 amide bonds. The van der Waals surface area contributed by atoms with Gasteiger partial charge in [-0.05, 0) is 53.0 Å². The van der Waals surface area contributed by atoms with Crippen LogP contribution in [-0.2, 0) is 0 Å². The van der Waals surface area contributed by atoms with Crippen LogP contribution in [-0.4, -0.2) is 26.6 Å². The summed E-state index contributed by atoms with van der Waals surface area (Å²) < 4.78 is 21.3. The van der Waals surface area contributed by atoms with Gasteiger partial charge in [0.25, 0.3) is 0 Å². The van der Waals surface area contributed by atoms with Gasteiger partial charge in [0.2, 0.25) is 5.88 Å². The lowest BCUT2D eigenvalue weighted by molar-refractivity contribution is 0.401. The van der Waals surface area contributed by atoms with Crippen LogP contribution in [0, 0.1) is 14.2 Å². The molecule has 0 saturated heterocycles. The number of hydrogen-bond donors (Lipinski definition) is 1. The molecule has 5 nitrogen and oxygen atoms in total. The molecule has 3 aromatic rings. The second-order valence-corrected chi connectivity index (χ2v) is 5.49. The summed E-state index contributed by atoms with van der Waals surface area (Å²) >= 11 is 7.38. The van der Waals surface area contributed by atoms with Crippen LogP contribution in [0.3, 0.4) is 0 Å². The number of halogens is 2. The summed E-state index contributed by atoms with van der Waals surface area (Å²) in [6.07, 6.45) is 1.40. The molecule has 2 aromatic heterocycles. The lowest BCUT2D eigenvalue weighted by Gasteiger charge is -2.06. The van der Waals surface area contributed by atoms with Crippen molar-refractivity contribution in [3.63, 3.8) is 0 Å². The molecule has 102 valence electrons. The minimum atomic E-state index is -0.295. The Hall–Kier alpha value is -1.55. The van der Waals surface area contributed by atoms with Gasteiger partial charge in [-0.15, -0.1) is 0 Å². The maximum Gasteiger partial charge on any atom is 0.242 e. The van der Waals surface area contributed by atoms with Gasteiger partial charge in [-0.25, -0.2) is 9.37 Å². The first-order chi connectivity index (χ1) is 9.61. The maximum atomic E-state index is 13.2. The van der Waals surface area contributed by atoms with E-state index in [2.05, 4.69) is 37.5 Å². The van der Waals surface area contributed by atoms with Crippen molar-refractivity contribution in [1.29, 1.82) is 0 Å². The number of nitrogens with zero attached hydrogens (tertiary/aromatic N) is 3. The van der Waals surface area contributed by atoms with Gasteiger partial charge in [-0.2, -0.15) is 4.98 Å². The number of methoxy groups -OCH3 is 1. The Morgan fingerprint density at radius 2 is 2.20 bits per heavy atom. The Morgan fingerprint density at radius 3 is 2.90 bits per heavy atom. The summed E-state index contributed by atoms with van der Waals surface area (Å²) in [5.41, 5.74) is 1.95. The Balaban J connectivity index is 2.37. The highest BCUT2D eigenvalue weighted by Crippen LogP contribution is 2.26. The van der Waals surface area contributed by atoms with E-state index >= 15 is 0 Å². The fraction of sp³-hybridized carbons (Fsp3) is 0.0833. The van der Waals surface area contributed by atoms with Gasteiger partial charge >= 0.3 is 0 Å². The third kappa shape index (κ3) is 2.08. The second-order valence-electron chi connectivity index (χ2n) is 3.94. The fourth-order valence-corrected chi connectivity index (χ4v) is 2.94. The average Bonchev–Trinajstić information content (AvgIpc) is 2.75. The maximum absolute atomic E-state index is 13.2. The smallest absolute Gasteiger partial charge is 0.242 e. The van der Waals surface area contributed by atoms with E-state index < -0.39 is 0 Å². The highest BCUT2D eigenvalue weighted by atomic mass is 127. The van der Waals surface area contributed by atoms with Crippen LogP contribution in [0.25, 0.3) is 16.9 Å². The molecule has 3 rings (SSSR count). The molecule has 0 saturated carbocycles. The topological polar surface area (TPSA) is 55.7 Å². The first-order valence-electron chi connectivity index (χ1n) is 5.57. The zero-order valence-corrected chi connectivity index (χ0v) is 13.2. The van der Waals surface area contributed by atoms with Crippen molar-refractivity contribution in [3.05, 3.63) is 38.7 Å². The third-order valence-corrected chi connectivity index (χ3v) is 3.93. The number of rotatable bonds is 2. The Bertz CT molecular complexity index is 860. The molecule has 8 heteroatoms. The monoisotopic (exact) mass is 402 g/mol. The Labute approximate surface area is 132 Å². The van der Waals surface area contributed by atoms with Crippen molar-refractivity contribution in [1.82, 2.24) is 19.5 Å². The van der Waals surface area contributed by atoms with Crippen LogP contribution in [0.15, 0.2) is 24.5 Å². The standard InChI is InChI=1S/C12H8FIN4OS/c1-19-11-9-10(15-5-16-11)18(12(20)17-9)8-3-2-6(13)4-7(8)14/h2-5H,1H3,(H,17,20). The number of aromatic nitrogens is 4. The zero-order chi connectivity index (χ0) is 14.3. The van der Waals surface area contributed by atoms with Gasteiger partial charge in [0.15, 0.2) is 10.4 Å². The van der Waals surface area contributed by atoms with E-state index in [4.69, 9.17) is 17.0 Å². The molecule has 0 spiro atoms. The normalized spacial score (nSPS) is 10.9. The molecule has 20 heavy (non-hydrogen) atoms. The van der Waals surface area contributed by atoms with Crippen molar-refractivity contribution in [2.75, 3.05) is 7.11 Å². The number of ether oxygens (including phenoxy) is 1. The molecule has 0 aliphatic rings. The molecule has 0 atom stereocenters. The summed E-state index contributed by atoms with van der Waals surface area (Å²) in [4.78, 5) is 11.3. The van der Waals surface area contributed by atoms with E-state index in [9.17, 15) is 4.39 Å². The van der Waals surface area contributed by atoms with E-state index in [0.29, 0.717) is 21.8 Å². The van der Waals surface area contributed by atoms with Gasteiger partial charge in [0.1, 0.15) is 17.7 Å². The fourth-order valence-electron chi connectivity index (χ4n) is 1.94. The number of H-pyrrole nitrogens is 1. The van der Waals surface area contributed by atoms with Gasteiger partial charge < -0.3 is 9.72 Å². The predicted molar refractivity (Wildman–Crippen MR) is 83.3 cm³/mol. The molecule has 0 radical (unpaired) electrons. The number of fused-ring (bicyclic) bond motifs is 1. The number of imidazole rings is 1. The summed E-state index contributed by atoms with van der Waals surface area (Å²) in [7, 11) is 1.53. The van der Waals surface area contributed by atoms with Gasteiger partial charge in [-0.1, -0.05) is 0 Å². The molecule has 1 aromatic carbocycles. The van der Waals surface area contributed by atoms with E-state index in [1.807, 2.05) is 0 Å². The molecular formula is C12H8FIN4OS. The molecule has 0 bridgehead atoms. The summed E-state index contributed by atoms with van der Waals surface area (Å²) in [6, 6.07) is 4.49. The first-order valence-corrected chi connectivity index (χ1v) is 7.05. The van der Waals surface area contributed by atoms with Crippen LogP contribution in [0.2, 0.25) is 0 Å². The molecular weight excluding hydrogens is 394 g/mol. The summed E-state index contributed by atoms with van der Waals surface area (Å²) in [6.45, 7) is 0. The summed E-state index contributed by atoms with van der Waals surface area (Å²) in [5.74, 6) is 0.119. The molecule has 0 aliphatic carbocycles. The van der Waals surface area contributed by atoms with Crippen molar-refractivity contribution < 1.29 is 9.13 Å². The van der Waals surface area contributed by atoms with Gasteiger partial charge in [0, 0.05) is 3.57 Å². The second kappa shape index (κ2) is 5.09. The minimum Gasteiger partial charge on any atom is -0.479 e. The van der Waals surface area contributed by atoms with E-state index in [1.54, 1.807) is 10.6 Å². The van der Waals surface area contributed by atoms with Gasteiger partial charge in [-0.3, -0.25) is 4.57 Å². The molecule has 2 heterocycles. The van der Waals surface area contributed by atoms with Crippen molar-refractivity contribution in [2.45, 2.75) is 0 Å². The number of nitrogens with one attached hydrogen (secondary N) is 1. The van der Waals surface area contributed by atoms with Crippen LogP contribution < -0.4 is 4.74 Å². The van der Waals surface area contributed by atoms with Crippen LogP contribution in [0.1, 0.15) is 0 Å². The number of hydrogen-bond acceptors (Lipinski definition) is 4. The average molecular weight is 402 g/mol. The highest BCUT2D eigenvalue weighted by Gasteiger charge is 2.14. The molecule has 1 N–H and O–H groups in total. The largest absolute Gasteiger partial charge is 0.479 e. The predicted octanol–water partition coefficient (Wildman–Crippen LogP) is 3.23. The van der Waals surface area contributed by atoms with E-state index in [0.717, 1.165) is 9.26 Å². The van der Waals surface area contributed by atoms with Crippen LogP contribution in [0.5, 0.6) is 5.88 Å². The number of aromatic amines is 1. The number of benzene rings is 1. The Morgan fingerprint density at radius 1 is 1.40 bits per heavy atom. The minimum absolute atomic E-state index is 0.295. The first kappa shape index (κ1) is 13.4. The van der Waals surface area contributed by atoms with Gasteiger partial charge in [0.05, 0.1) is 12.8 Å². The van der Waals surface area contributed by atoms with Crippen molar-refractivity contribution in [3.8, 4) is 11.6 Å². The van der Waals surface area contributed by atoms with Crippen LogP contribution >= 0.6 is 34.8 Å². The van der Waals surface area contributed by atoms with E-state index in [-0.39, 0.29) is 5.82 Å². The zero-order valence-electron chi connectivity index (χ0n) is 10.2. The lowest BCUT2D eigenvalue weighted by atomic mass is 10.3. The Kier molecular flexibility index (Phi) is 3.42. The molecule has 0 unspecified atom stereocenters. The molecule has 0 aliphatic heterocycles. The SMILES string of the molecule is COc1ncnc2c1[nH]c(=S)n2-c1ccc(F)cc1I. The summed E-state index contributed by atoms with van der Waals surface area (Å²) in [5, 5.41) is 0. The quantitative estimate of drug-likeness (QED) is 0.529. The highest BCUT2D eigenvalue weighted by molar-refractivity contribution is 14.1. The molecule has 0 fully saturated rings. The third-order valence-electron chi connectivity index (χ3n) is 2.78. The van der Waals surface area contributed by atoms with Crippen molar-refractivity contribution >= 4 is 46.0 Å². The van der Waals surface area contributed by atoms with Crippen LogP contribution in [0.4, 0.5) is 4.39 Å². The lowest BCUT2D eigenvalue weighted by Crippen LogP contribution is -1.99.